The highest BCUT2D eigenvalue weighted by molar-refractivity contribution is 5.22. The highest BCUT2D eigenvalue weighted by atomic mass is 16.5. The summed E-state index contributed by atoms with van der Waals surface area (Å²) in [7, 11) is 0. The summed E-state index contributed by atoms with van der Waals surface area (Å²) < 4.78 is 0.917. The lowest BCUT2D eigenvalue weighted by atomic mass is 9.86. The van der Waals surface area contributed by atoms with Gasteiger partial charge in [0.1, 0.15) is 0 Å². The second kappa shape index (κ2) is 2.77. The summed E-state index contributed by atoms with van der Waals surface area (Å²) in [5, 5.41) is 11.2. The van der Waals surface area contributed by atoms with Crippen LogP contribution in [0.3, 0.4) is 0 Å². The van der Waals surface area contributed by atoms with Crippen molar-refractivity contribution in [2.75, 3.05) is 0 Å². The first-order valence-corrected chi connectivity index (χ1v) is 4.12. The van der Waals surface area contributed by atoms with Crippen LogP contribution in [0, 0.1) is 12.1 Å². The minimum atomic E-state index is 0.0531. The van der Waals surface area contributed by atoms with Gasteiger partial charge in [0, 0.05) is 18.6 Å². The molecule has 1 aromatic heterocycles. The summed E-state index contributed by atoms with van der Waals surface area (Å²) in [6.45, 7) is 8.17. The van der Waals surface area contributed by atoms with Gasteiger partial charge in [-0.15, -0.1) is 0 Å². The molecule has 0 unspecified atom stereocenters. The number of pyridine rings is 1. The zero-order chi connectivity index (χ0) is 9.35. The number of nitrogens with zero attached hydrogens (tertiary/aromatic N) is 1. The molecular formula is C10H15NO. The minimum absolute atomic E-state index is 0.0531. The van der Waals surface area contributed by atoms with Crippen molar-refractivity contribution < 1.29 is 4.73 Å². The third-order valence-electron chi connectivity index (χ3n) is 2.01. The van der Waals surface area contributed by atoms with E-state index >= 15 is 0 Å². The zero-order valence-electron chi connectivity index (χ0n) is 8.09. The lowest BCUT2D eigenvalue weighted by Crippen LogP contribution is -2.33. The molecule has 0 saturated carbocycles. The van der Waals surface area contributed by atoms with Crippen molar-refractivity contribution in [1.29, 1.82) is 0 Å². The van der Waals surface area contributed by atoms with Gasteiger partial charge in [-0.25, -0.2) is 0 Å². The third kappa shape index (κ3) is 1.58. The van der Waals surface area contributed by atoms with E-state index in [-0.39, 0.29) is 5.41 Å². The molecule has 0 aliphatic heterocycles. The fourth-order valence-corrected chi connectivity index (χ4v) is 1.36. The summed E-state index contributed by atoms with van der Waals surface area (Å²) in [5.74, 6) is 0. The van der Waals surface area contributed by atoms with E-state index in [2.05, 4.69) is 20.8 Å². The molecule has 2 heteroatoms. The summed E-state index contributed by atoms with van der Waals surface area (Å²) in [4.78, 5) is 0. The van der Waals surface area contributed by atoms with E-state index in [1.165, 1.54) is 6.20 Å². The fourth-order valence-electron chi connectivity index (χ4n) is 1.36. The molecule has 2 nitrogen and oxygen atoms in total. The van der Waals surface area contributed by atoms with Gasteiger partial charge >= 0.3 is 0 Å². The third-order valence-corrected chi connectivity index (χ3v) is 2.01. The van der Waals surface area contributed by atoms with Gasteiger partial charge in [0.15, 0.2) is 11.9 Å². The van der Waals surface area contributed by atoms with E-state index in [0.717, 1.165) is 16.0 Å². The molecule has 12 heavy (non-hydrogen) atoms. The van der Waals surface area contributed by atoms with E-state index in [0.29, 0.717) is 0 Å². The predicted molar refractivity (Wildman–Crippen MR) is 48.8 cm³/mol. The summed E-state index contributed by atoms with van der Waals surface area (Å²) >= 11 is 0. The maximum atomic E-state index is 11.2. The molecular weight excluding hydrogens is 150 g/mol. The second-order valence-electron chi connectivity index (χ2n) is 4.08. The Labute approximate surface area is 73.4 Å². The van der Waals surface area contributed by atoms with Gasteiger partial charge in [-0.2, -0.15) is 4.73 Å². The Hall–Kier alpha value is -1.05. The SMILES string of the molecule is Cc1c(C(C)(C)C)ccc[n+]1[O-]. The standard InChI is InChI=1S/C10H15NO/c1-8-9(10(2,3)4)6-5-7-11(8)12/h5-7H,1-4H3. The van der Waals surface area contributed by atoms with Crippen LogP contribution in [0.1, 0.15) is 32.0 Å². The normalized spacial score (nSPS) is 11.7. The van der Waals surface area contributed by atoms with Gasteiger partial charge in [0.05, 0.1) is 0 Å². The second-order valence-corrected chi connectivity index (χ2v) is 4.08. The number of rotatable bonds is 0. The summed E-state index contributed by atoms with van der Waals surface area (Å²) in [6, 6.07) is 3.80. The lowest BCUT2D eigenvalue weighted by molar-refractivity contribution is -0.613. The molecule has 0 aromatic carbocycles. The average molecular weight is 165 g/mol. The molecule has 66 valence electrons. The van der Waals surface area contributed by atoms with Crippen LogP contribution in [-0.2, 0) is 5.41 Å². The van der Waals surface area contributed by atoms with Crippen molar-refractivity contribution in [2.45, 2.75) is 33.1 Å². The summed E-state index contributed by atoms with van der Waals surface area (Å²) in [5.41, 5.74) is 1.96. The summed E-state index contributed by atoms with van der Waals surface area (Å²) in [6.07, 6.45) is 1.53. The van der Waals surface area contributed by atoms with Gasteiger partial charge in [-0.1, -0.05) is 20.8 Å². The van der Waals surface area contributed by atoms with Crippen LogP contribution in [0.4, 0.5) is 0 Å². The first kappa shape index (κ1) is 9.04. The lowest BCUT2D eigenvalue weighted by Gasteiger charge is -2.19. The van der Waals surface area contributed by atoms with Crippen LogP contribution in [0.5, 0.6) is 0 Å². The van der Waals surface area contributed by atoms with Gasteiger partial charge < -0.3 is 5.21 Å². The van der Waals surface area contributed by atoms with Gasteiger partial charge in [0.2, 0.25) is 0 Å². The van der Waals surface area contributed by atoms with Crippen LogP contribution in [0.2, 0.25) is 0 Å². The van der Waals surface area contributed by atoms with Crippen LogP contribution >= 0.6 is 0 Å². The molecule has 0 radical (unpaired) electrons. The highest BCUT2D eigenvalue weighted by Gasteiger charge is 2.20. The molecule has 0 aliphatic carbocycles. The molecule has 0 saturated heterocycles. The molecule has 1 rings (SSSR count). The number of hydrogen-bond acceptors (Lipinski definition) is 1. The van der Waals surface area contributed by atoms with Crippen molar-refractivity contribution in [3.63, 3.8) is 0 Å². The molecule has 0 fully saturated rings. The zero-order valence-corrected chi connectivity index (χ0v) is 8.09. The Morgan fingerprint density at radius 1 is 1.33 bits per heavy atom. The predicted octanol–water partition coefficient (Wildman–Crippen LogP) is 1.93. The molecule has 0 atom stereocenters. The Balaban J connectivity index is 3.26. The molecule has 0 spiro atoms. The smallest absolute Gasteiger partial charge is 0.193 e. The van der Waals surface area contributed by atoms with E-state index in [1.807, 2.05) is 13.0 Å². The molecule has 1 aromatic rings. The van der Waals surface area contributed by atoms with Crippen LogP contribution in [0.15, 0.2) is 18.3 Å². The Morgan fingerprint density at radius 2 is 1.92 bits per heavy atom. The van der Waals surface area contributed by atoms with Gasteiger partial charge in [-0.05, 0) is 11.5 Å². The maximum Gasteiger partial charge on any atom is 0.193 e. The molecule has 1 heterocycles. The topological polar surface area (TPSA) is 26.9 Å². The van der Waals surface area contributed by atoms with Gasteiger partial charge in [0.25, 0.3) is 0 Å². The van der Waals surface area contributed by atoms with Gasteiger partial charge in [-0.3, -0.25) is 0 Å². The Bertz CT molecular complexity index is 286. The first-order chi connectivity index (χ1) is 5.43. The van der Waals surface area contributed by atoms with E-state index < -0.39 is 0 Å². The Kier molecular flexibility index (Phi) is 2.09. The Morgan fingerprint density at radius 3 is 2.33 bits per heavy atom. The molecule has 0 N–H and O–H groups in total. The molecule has 0 amide bonds. The maximum absolute atomic E-state index is 11.2. The first-order valence-electron chi connectivity index (χ1n) is 4.12. The number of hydrogen-bond donors (Lipinski definition) is 0. The van der Waals surface area contributed by atoms with Crippen molar-refractivity contribution in [1.82, 2.24) is 0 Å². The van der Waals surface area contributed by atoms with E-state index in [4.69, 9.17) is 0 Å². The van der Waals surface area contributed by atoms with Crippen LogP contribution in [0.25, 0.3) is 0 Å². The fraction of sp³-hybridized carbons (Fsp3) is 0.500. The highest BCUT2D eigenvalue weighted by Crippen LogP contribution is 2.22. The molecule has 0 bridgehead atoms. The monoisotopic (exact) mass is 165 g/mol. The quantitative estimate of drug-likeness (QED) is 0.426. The van der Waals surface area contributed by atoms with E-state index in [9.17, 15) is 5.21 Å². The minimum Gasteiger partial charge on any atom is -0.619 e. The average Bonchev–Trinajstić information content (AvgIpc) is 1.92. The van der Waals surface area contributed by atoms with Crippen molar-refractivity contribution in [3.8, 4) is 0 Å². The van der Waals surface area contributed by atoms with Crippen LogP contribution < -0.4 is 4.73 Å². The van der Waals surface area contributed by atoms with Crippen molar-refractivity contribution in [2.24, 2.45) is 0 Å². The van der Waals surface area contributed by atoms with Crippen molar-refractivity contribution in [3.05, 3.63) is 34.8 Å². The van der Waals surface area contributed by atoms with Crippen LogP contribution in [-0.4, -0.2) is 0 Å². The molecule has 0 aliphatic rings. The largest absolute Gasteiger partial charge is 0.619 e. The number of aromatic nitrogens is 1. The van der Waals surface area contributed by atoms with Crippen molar-refractivity contribution >= 4 is 0 Å². The van der Waals surface area contributed by atoms with E-state index in [1.54, 1.807) is 6.07 Å².